The molecule has 2 aromatic rings. The van der Waals surface area contributed by atoms with E-state index in [4.69, 9.17) is 0 Å². The van der Waals surface area contributed by atoms with Crippen molar-refractivity contribution in [1.29, 1.82) is 0 Å². The lowest BCUT2D eigenvalue weighted by Gasteiger charge is -2.26. The van der Waals surface area contributed by atoms with Gasteiger partial charge in [-0.05, 0) is 56.0 Å². The molecule has 1 amide bonds. The molecule has 0 bridgehead atoms. The van der Waals surface area contributed by atoms with Crippen molar-refractivity contribution in [3.63, 3.8) is 0 Å². The van der Waals surface area contributed by atoms with Gasteiger partial charge in [-0.25, -0.2) is 4.39 Å². The molecular weight excluding hydrogens is 510 g/mol. The van der Waals surface area contributed by atoms with Crippen LogP contribution in [0.15, 0.2) is 29.4 Å². The lowest BCUT2D eigenvalue weighted by molar-refractivity contribution is -0.133. The average Bonchev–Trinajstić information content (AvgIpc) is 3.36. The molecule has 1 unspecified atom stereocenters. The maximum absolute atomic E-state index is 13.5. The number of guanidine groups is 1. The summed E-state index contributed by atoms with van der Waals surface area (Å²) < 4.78 is 13.5. The van der Waals surface area contributed by atoms with Gasteiger partial charge in [0.15, 0.2) is 5.96 Å². The standard InChI is InChI=1S/C22H33FN6O.HI/c1-24-22(25-10-5-13-29-12-4-6-20(29)21(30)28(2)3)26-11-9-16-15-27-19-8-7-17(23)14-18(16)19;/h7-8,14-15,20,27H,4-6,9-13H2,1-3H3,(H2,24,25,26);1H. The van der Waals surface area contributed by atoms with Gasteiger partial charge in [-0.1, -0.05) is 0 Å². The van der Waals surface area contributed by atoms with Crippen molar-refractivity contribution in [1.82, 2.24) is 25.4 Å². The number of carbonyl (C=O) groups excluding carboxylic acids is 1. The van der Waals surface area contributed by atoms with Crippen LogP contribution < -0.4 is 10.6 Å². The van der Waals surface area contributed by atoms with Gasteiger partial charge in [-0.3, -0.25) is 14.7 Å². The molecule has 1 aliphatic heterocycles. The van der Waals surface area contributed by atoms with Crippen LogP contribution in [0.25, 0.3) is 10.9 Å². The summed E-state index contributed by atoms with van der Waals surface area (Å²) in [6, 6.07) is 4.83. The average molecular weight is 544 g/mol. The van der Waals surface area contributed by atoms with E-state index in [-0.39, 0.29) is 41.7 Å². The van der Waals surface area contributed by atoms with Crippen LogP contribution in [0.4, 0.5) is 4.39 Å². The Morgan fingerprint density at radius 3 is 2.84 bits per heavy atom. The van der Waals surface area contributed by atoms with Crippen LogP contribution in [-0.2, 0) is 11.2 Å². The molecule has 1 aliphatic rings. The number of aromatic amines is 1. The second-order valence-corrected chi connectivity index (χ2v) is 7.96. The molecule has 0 radical (unpaired) electrons. The maximum atomic E-state index is 13.5. The monoisotopic (exact) mass is 544 g/mol. The van der Waals surface area contributed by atoms with Gasteiger partial charge in [-0.15, -0.1) is 24.0 Å². The van der Waals surface area contributed by atoms with Crippen molar-refractivity contribution in [3.8, 4) is 0 Å². The molecule has 1 atom stereocenters. The van der Waals surface area contributed by atoms with Crippen molar-refractivity contribution in [2.75, 3.05) is 47.3 Å². The van der Waals surface area contributed by atoms with Crippen molar-refractivity contribution in [2.24, 2.45) is 4.99 Å². The molecular formula is C22H34FIN6O. The minimum atomic E-state index is -0.221. The zero-order valence-corrected chi connectivity index (χ0v) is 20.9. The third-order valence-corrected chi connectivity index (χ3v) is 5.64. The summed E-state index contributed by atoms with van der Waals surface area (Å²) in [7, 11) is 5.40. The first kappa shape index (κ1) is 25.4. The van der Waals surface area contributed by atoms with E-state index in [1.807, 2.05) is 20.3 Å². The Morgan fingerprint density at radius 1 is 1.32 bits per heavy atom. The Balaban J connectivity index is 0.00000341. The number of likely N-dealkylation sites (N-methyl/N-ethyl adjacent to an activating group) is 1. The molecule has 1 fully saturated rings. The first-order valence-electron chi connectivity index (χ1n) is 10.6. The van der Waals surface area contributed by atoms with Crippen LogP contribution >= 0.6 is 24.0 Å². The number of aliphatic imine (C=N–C) groups is 1. The number of hydrogen-bond donors (Lipinski definition) is 3. The van der Waals surface area contributed by atoms with Crippen LogP contribution in [0, 0.1) is 5.82 Å². The molecule has 1 aromatic heterocycles. The largest absolute Gasteiger partial charge is 0.361 e. The predicted molar refractivity (Wildman–Crippen MR) is 135 cm³/mol. The van der Waals surface area contributed by atoms with Crippen molar-refractivity contribution in [2.45, 2.75) is 31.7 Å². The van der Waals surface area contributed by atoms with Gasteiger partial charge in [0, 0.05) is 57.9 Å². The summed E-state index contributed by atoms with van der Waals surface area (Å²) in [6.07, 6.45) is 5.68. The number of fused-ring (bicyclic) bond motifs is 1. The highest BCUT2D eigenvalue weighted by atomic mass is 127. The molecule has 3 N–H and O–H groups in total. The van der Waals surface area contributed by atoms with Gasteiger partial charge >= 0.3 is 0 Å². The van der Waals surface area contributed by atoms with Gasteiger partial charge in [-0.2, -0.15) is 0 Å². The van der Waals surface area contributed by atoms with E-state index in [2.05, 4.69) is 25.5 Å². The lowest BCUT2D eigenvalue weighted by Crippen LogP contribution is -2.44. The van der Waals surface area contributed by atoms with Crippen molar-refractivity contribution >= 4 is 46.7 Å². The molecule has 3 rings (SSSR count). The van der Waals surface area contributed by atoms with Crippen molar-refractivity contribution in [3.05, 3.63) is 35.8 Å². The Kier molecular flexibility index (Phi) is 10.0. The predicted octanol–water partition coefficient (Wildman–Crippen LogP) is 2.58. The molecule has 7 nitrogen and oxygen atoms in total. The van der Waals surface area contributed by atoms with E-state index in [0.29, 0.717) is 6.54 Å². The summed E-state index contributed by atoms with van der Waals surface area (Å²) in [6.45, 7) is 3.38. The quantitative estimate of drug-likeness (QED) is 0.207. The summed E-state index contributed by atoms with van der Waals surface area (Å²) in [4.78, 5) is 23.7. The molecule has 9 heteroatoms. The molecule has 0 aliphatic carbocycles. The number of rotatable bonds is 8. The highest BCUT2D eigenvalue weighted by molar-refractivity contribution is 14.0. The fraction of sp³-hybridized carbons (Fsp3) is 0.545. The van der Waals surface area contributed by atoms with Crippen LogP contribution in [0.5, 0.6) is 0 Å². The number of carbonyl (C=O) groups is 1. The second-order valence-electron chi connectivity index (χ2n) is 7.96. The number of halogens is 2. The third-order valence-electron chi connectivity index (χ3n) is 5.64. The van der Waals surface area contributed by atoms with Gasteiger partial charge < -0.3 is 20.5 Å². The normalized spacial score (nSPS) is 16.9. The zero-order valence-electron chi connectivity index (χ0n) is 18.6. The molecule has 0 saturated carbocycles. The SMILES string of the molecule is CN=C(NCCCN1CCCC1C(=O)N(C)C)NCCc1c[nH]c2ccc(F)cc12.I. The smallest absolute Gasteiger partial charge is 0.239 e. The minimum Gasteiger partial charge on any atom is -0.361 e. The van der Waals surface area contributed by atoms with Crippen molar-refractivity contribution < 1.29 is 9.18 Å². The van der Waals surface area contributed by atoms with E-state index in [1.54, 1.807) is 24.1 Å². The van der Waals surface area contributed by atoms with Gasteiger partial charge in [0.25, 0.3) is 0 Å². The van der Waals surface area contributed by atoms with E-state index < -0.39 is 0 Å². The molecule has 31 heavy (non-hydrogen) atoms. The highest BCUT2D eigenvalue weighted by Gasteiger charge is 2.30. The fourth-order valence-electron chi connectivity index (χ4n) is 4.05. The summed E-state index contributed by atoms with van der Waals surface area (Å²) in [5, 5.41) is 7.57. The van der Waals surface area contributed by atoms with Crippen LogP contribution in [-0.4, -0.2) is 80.0 Å². The number of likely N-dealkylation sites (tertiary alicyclic amines) is 1. The van der Waals surface area contributed by atoms with Gasteiger partial charge in [0.05, 0.1) is 6.04 Å². The number of hydrogen-bond acceptors (Lipinski definition) is 3. The van der Waals surface area contributed by atoms with E-state index in [1.165, 1.54) is 6.07 Å². The van der Waals surface area contributed by atoms with Crippen LogP contribution in [0.2, 0.25) is 0 Å². The number of amides is 1. The summed E-state index contributed by atoms with van der Waals surface area (Å²) in [5.74, 6) is 0.736. The zero-order chi connectivity index (χ0) is 21.5. The molecule has 1 aromatic carbocycles. The maximum Gasteiger partial charge on any atom is 0.239 e. The highest BCUT2D eigenvalue weighted by Crippen LogP contribution is 2.20. The van der Waals surface area contributed by atoms with E-state index >= 15 is 0 Å². The van der Waals surface area contributed by atoms with E-state index in [0.717, 1.165) is 67.7 Å². The number of nitrogens with one attached hydrogen (secondary N) is 3. The van der Waals surface area contributed by atoms with Crippen LogP contribution in [0.1, 0.15) is 24.8 Å². The number of H-pyrrole nitrogens is 1. The minimum absolute atomic E-state index is 0. The second kappa shape index (κ2) is 12.2. The molecule has 1 saturated heterocycles. The first-order chi connectivity index (χ1) is 14.5. The fourth-order valence-corrected chi connectivity index (χ4v) is 4.05. The summed E-state index contributed by atoms with van der Waals surface area (Å²) >= 11 is 0. The molecule has 172 valence electrons. The van der Waals surface area contributed by atoms with Gasteiger partial charge in [0.2, 0.25) is 5.91 Å². The molecule has 2 heterocycles. The number of benzene rings is 1. The third kappa shape index (κ3) is 6.80. The summed E-state index contributed by atoms with van der Waals surface area (Å²) in [5.41, 5.74) is 2.03. The first-order valence-corrected chi connectivity index (χ1v) is 10.6. The Morgan fingerprint density at radius 2 is 2.10 bits per heavy atom. The molecule has 0 spiro atoms. The number of aromatic nitrogens is 1. The Hall–Kier alpha value is -1.88. The van der Waals surface area contributed by atoms with Crippen LogP contribution in [0.3, 0.4) is 0 Å². The topological polar surface area (TPSA) is 75.8 Å². The number of nitrogens with zero attached hydrogens (tertiary/aromatic N) is 3. The van der Waals surface area contributed by atoms with E-state index in [9.17, 15) is 9.18 Å². The Bertz CT molecular complexity index is 884. The Labute approximate surface area is 200 Å². The van der Waals surface area contributed by atoms with Gasteiger partial charge in [0.1, 0.15) is 5.82 Å². The lowest BCUT2D eigenvalue weighted by atomic mass is 10.1.